The van der Waals surface area contributed by atoms with E-state index in [2.05, 4.69) is 71.4 Å². The zero-order chi connectivity index (χ0) is 73.2. The maximum absolute atomic E-state index is 12.5. The largest absolute Gasteiger partial charge is 0.875 e. The minimum atomic E-state index is -3.61. The fourth-order valence-electron chi connectivity index (χ4n) is 17.9. The molecule has 6 heterocycles. The Labute approximate surface area is 645 Å². The van der Waals surface area contributed by atoms with E-state index in [4.69, 9.17) is 18.8 Å². The van der Waals surface area contributed by atoms with E-state index in [1.165, 1.54) is 216 Å². The summed E-state index contributed by atoms with van der Waals surface area (Å²) in [5, 5.41) is 19.0. The minimum Gasteiger partial charge on any atom is -0.875 e. The van der Waals surface area contributed by atoms with E-state index in [9.17, 15) is 27.9 Å². The maximum Gasteiger partial charge on any atom is 0.297 e. The first kappa shape index (κ1) is 81.6. The summed E-state index contributed by atoms with van der Waals surface area (Å²) in [6.45, 7) is 16.1. The van der Waals surface area contributed by atoms with Gasteiger partial charge in [0.15, 0.2) is 11.6 Å². The number of aliphatic hydroxyl groups is 1. The molecule has 8 aliphatic carbocycles. The van der Waals surface area contributed by atoms with Gasteiger partial charge >= 0.3 is 0 Å². The number of benzene rings is 3. The summed E-state index contributed by atoms with van der Waals surface area (Å²) >= 11 is 2.32. The van der Waals surface area contributed by atoms with Crippen molar-refractivity contribution in [1.29, 1.82) is 0 Å². The molecule has 6 saturated heterocycles. The van der Waals surface area contributed by atoms with Gasteiger partial charge in [-0.15, -0.1) is 5.76 Å². The summed E-state index contributed by atoms with van der Waals surface area (Å²) < 4.78 is 43.1. The molecule has 105 heavy (non-hydrogen) atoms. The molecule has 0 radical (unpaired) electrons. The summed E-state index contributed by atoms with van der Waals surface area (Å²) in [5.74, 6) is 4.55. The van der Waals surface area contributed by atoms with Crippen molar-refractivity contribution in [3.63, 3.8) is 0 Å². The zero-order valence-corrected chi connectivity index (χ0v) is 67.0. The second-order valence-corrected chi connectivity index (χ2v) is 36.0. The highest BCUT2D eigenvalue weighted by Crippen LogP contribution is 2.38. The van der Waals surface area contributed by atoms with Gasteiger partial charge in [-0.25, -0.2) is 0 Å². The lowest BCUT2D eigenvalue weighted by Gasteiger charge is -2.44. The van der Waals surface area contributed by atoms with Crippen LogP contribution >= 0.6 is 22.6 Å². The van der Waals surface area contributed by atoms with Crippen LogP contribution in [0.5, 0.6) is 11.5 Å². The Hall–Kier alpha value is -4.41. The van der Waals surface area contributed by atoms with Crippen LogP contribution in [-0.4, -0.2) is 188 Å². The number of aryl methyl sites for hydroxylation is 1. The summed E-state index contributed by atoms with van der Waals surface area (Å²) in [4.78, 5) is 47.9. The number of hydrogen-bond acceptors (Lipinski definition) is 15. The van der Waals surface area contributed by atoms with Crippen molar-refractivity contribution >= 4 is 50.2 Å². The average Bonchev–Trinajstić information content (AvgIpc) is 0.825. The number of ketones is 2. The monoisotopic (exact) mass is 1580 g/mol. The van der Waals surface area contributed by atoms with Crippen molar-refractivity contribution in [2.24, 2.45) is 11.8 Å². The van der Waals surface area contributed by atoms with Crippen molar-refractivity contribution in [2.75, 3.05) is 78.5 Å². The molecule has 582 valence electrons. The molecule has 12 fully saturated rings. The molecule has 0 unspecified atom stereocenters. The van der Waals surface area contributed by atoms with Crippen LogP contribution in [0.1, 0.15) is 266 Å². The van der Waals surface area contributed by atoms with Crippen molar-refractivity contribution in [3.05, 3.63) is 111 Å². The van der Waals surface area contributed by atoms with Crippen molar-refractivity contribution < 1.29 is 46.7 Å². The first-order chi connectivity index (χ1) is 51.1. The highest BCUT2D eigenvalue weighted by atomic mass is 127. The molecule has 0 bridgehead atoms. The van der Waals surface area contributed by atoms with Crippen LogP contribution in [0, 0.1) is 22.3 Å². The first-order valence-corrected chi connectivity index (χ1v) is 44.6. The quantitative estimate of drug-likeness (QED) is 0.112. The maximum atomic E-state index is 12.5. The summed E-state index contributed by atoms with van der Waals surface area (Å²) in [5.41, 5.74) is 3.10. The lowest BCUT2D eigenvalue weighted by atomic mass is 9.78. The van der Waals surface area contributed by atoms with E-state index in [1.54, 1.807) is 62.4 Å². The molecule has 18 heteroatoms. The topological polar surface area (TPSA) is 176 Å². The zero-order valence-electron chi connectivity index (χ0n) is 64.0. The van der Waals surface area contributed by atoms with Crippen molar-refractivity contribution in [2.45, 2.75) is 311 Å². The number of allylic oxidation sites excluding steroid dienone is 4. The van der Waals surface area contributed by atoms with Gasteiger partial charge in [0.05, 0.1) is 23.5 Å². The number of amides is 1. The fraction of sp³-hybridized carbons (Fsp3) is 0.713. The molecule has 17 rings (SSSR count). The number of piperidine rings is 6. The van der Waals surface area contributed by atoms with Gasteiger partial charge in [0.2, 0.25) is 0 Å². The van der Waals surface area contributed by atoms with Crippen LogP contribution in [0.25, 0.3) is 0 Å². The normalized spacial score (nSPS) is 28.3. The molecule has 6 saturated carbocycles. The predicted molar refractivity (Wildman–Crippen MR) is 426 cm³/mol. The fourth-order valence-corrected chi connectivity index (χ4v) is 19.4. The third-order valence-corrected chi connectivity index (χ3v) is 27.0. The van der Waals surface area contributed by atoms with Crippen LogP contribution in [0.2, 0.25) is 0 Å². The van der Waals surface area contributed by atoms with Gasteiger partial charge in [0.25, 0.3) is 16.0 Å². The van der Waals surface area contributed by atoms with Gasteiger partial charge in [-0.05, 0) is 282 Å². The Morgan fingerprint density at radius 1 is 0.457 bits per heavy atom. The molecule has 0 aromatic heterocycles. The average molecular weight is 1580 g/mol. The SMILES string of the molecule is C1CCC(CC2CCCCC2)CC1.Cc1ccc(S(=O)(=O)OC2CC(N3CCCCC3)C2)cc1.Ic1ccc(OC2CC(N3CCCCC3)C2)cc1.O=C(c1ccc(OC2CC(N3CCCCC3)C2)cc1)N1CCCCC1.O=C1C=C(N2CCCCC2)C1.O=C1C=C([O-])C1.OC1CC(N2CCCCC2)C1. The number of hydrogen-bond donors (Lipinski definition) is 1. The number of carbonyl (C=O) groups is 3. The summed E-state index contributed by atoms with van der Waals surface area (Å²) in [6, 6.07) is 25.7. The van der Waals surface area contributed by atoms with Gasteiger partial charge in [0, 0.05) is 103 Å². The van der Waals surface area contributed by atoms with Crippen LogP contribution < -0.4 is 14.6 Å². The number of likely N-dealkylation sites (tertiary alicyclic amines) is 6. The predicted octanol–water partition coefficient (Wildman–Crippen LogP) is 16.2. The summed E-state index contributed by atoms with van der Waals surface area (Å²) in [7, 11) is -3.61. The first-order valence-electron chi connectivity index (χ1n) is 42.1. The lowest BCUT2D eigenvalue weighted by Crippen LogP contribution is -2.50. The minimum absolute atomic E-state index is 0.0157. The highest BCUT2D eigenvalue weighted by Gasteiger charge is 2.40. The Bertz CT molecular complexity index is 3210. The number of halogens is 1. The van der Waals surface area contributed by atoms with Gasteiger partial charge in [-0.2, -0.15) is 8.42 Å². The molecule has 1 amide bonds. The van der Waals surface area contributed by atoms with E-state index in [1.807, 2.05) is 36.1 Å². The lowest BCUT2D eigenvalue weighted by molar-refractivity contribution is -0.308. The van der Waals surface area contributed by atoms with E-state index in [0.29, 0.717) is 30.5 Å². The number of aliphatic hydroxyl groups excluding tert-OH is 1. The second-order valence-electron chi connectivity index (χ2n) is 33.2. The standard InChI is InChI=1S/C21H30N2O2.C16H23NO3S.C15H20INO.C13H24.C9H17NO.C9H13NO.C4H4O2/c24-21(23-13-5-2-6-14-23)17-7-9-19(10-8-17)25-20-15-18(16-20)22-11-3-1-4-12-22;1-13-5-7-16(8-6-13)21(18,19)20-15-11-14(12-15)17-9-3-2-4-10-17;16-12-4-6-14(7-5-12)18-15-10-13(11-15)17-8-2-1-3-9-17;1-3-7-12(8-4-1)11-13-9-5-2-6-10-13;2*11-9-6-8(7-9)10-4-2-1-3-5-10;5-3-1-4(6)2-3/h7-10,18,20H,1-6,11-16H2;5-8,14-15H,2-4,9-12H2,1H3;4-7,13,15H,1-3,8-11H2;12-13H,1-11H2;8-9,11H,1-7H2;6H,1-5,7H2;1,5H,2H2/p-1. The molecule has 16 nitrogen and oxygen atoms in total. The second kappa shape index (κ2) is 42.7. The summed E-state index contributed by atoms with van der Waals surface area (Å²) in [6.07, 6.45) is 53.5. The van der Waals surface area contributed by atoms with Crippen molar-refractivity contribution in [1.82, 2.24) is 29.4 Å². The molecule has 0 atom stereocenters. The Morgan fingerprint density at radius 2 is 0.810 bits per heavy atom. The third kappa shape index (κ3) is 26.7. The van der Waals surface area contributed by atoms with Gasteiger partial charge in [-0.1, -0.05) is 108 Å². The van der Waals surface area contributed by atoms with Crippen LogP contribution in [0.3, 0.4) is 0 Å². The number of nitrogens with zero attached hydrogens (tertiary/aromatic N) is 6. The van der Waals surface area contributed by atoms with E-state index in [-0.39, 0.29) is 41.0 Å². The van der Waals surface area contributed by atoms with Crippen LogP contribution in [-0.2, 0) is 23.9 Å². The third-order valence-electron chi connectivity index (χ3n) is 24.9. The van der Waals surface area contributed by atoms with E-state index >= 15 is 0 Å². The molecule has 14 aliphatic rings. The molecule has 6 aliphatic heterocycles. The number of carbonyl (C=O) groups excluding carboxylic acids is 3. The Morgan fingerprint density at radius 3 is 1.18 bits per heavy atom. The van der Waals surface area contributed by atoms with E-state index in [0.717, 1.165) is 136 Å². The van der Waals surface area contributed by atoms with E-state index < -0.39 is 10.1 Å². The smallest absolute Gasteiger partial charge is 0.297 e. The highest BCUT2D eigenvalue weighted by molar-refractivity contribution is 14.1. The number of ether oxygens (including phenoxy) is 2. The molecule has 1 N–H and O–H groups in total. The molecule has 3 aromatic rings. The van der Waals surface area contributed by atoms with Gasteiger partial charge in [0.1, 0.15) is 23.7 Å². The van der Waals surface area contributed by atoms with Crippen molar-refractivity contribution in [3.8, 4) is 11.5 Å². The Balaban J connectivity index is 0.000000127. The van der Waals surface area contributed by atoms with Gasteiger partial charge < -0.3 is 49.1 Å². The van der Waals surface area contributed by atoms with Crippen LogP contribution in [0.15, 0.2) is 101 Å². The van der Waals surface area contributed by atoms with Crippen LogP contribution in [0.4, 0.5) is 0 Å². The number of rotatable bonds is 15. The Kier molecular flexibility index (Phi) is 33.2. The molecule has 0 spiro atoms. The molecule has 3 aromatic carbocycles. The van der Waals surface area contributed by atoms with Gasteiger partial charge in [-0.3, -0.25) is 18.6 Å². The molecular weight excluding hydrogens is 1450 g/mol. The molecular formula is C87H130IN6O10S-.